The maximum atomic E-state index is 5.77. The van der Waals surface area contributed by atoms with E-state index in [0.717, 1.165) is 36.7 Å². The number of para-hydroxylation sites is 1. The average molecular weight is 284 g/mol. The molecule has 5 heteroatoms. The monoisotopic (exact) mass is 284 g/mol. The zero-order chi connectivity index (χ0) is 14.3. The van der Waals surface area contributed by atoms with Crippen LogP contribution < -0.4 is 0 Å². The standard InChI is InChI=1S/C16H16N2O3/c1-19-16(8-4-5-9-16)15-17-14(18-21-15)13-10-11-6-2-3-7-12(11)20-13/h2-3,6-7,10H,4-5,8-9H2,1H3. The first-order valence-electron chi connectivity index (χ1n) is 7.19. The number of benzene rings is 1. The summed E-state index contributed by atoms with van der Waals surface area (Å²) >= 11 is 0. The van der Waals surface area contributed by atoms with Gasteiger partial charge in [-0.1, -0.05) is 23.4 Å². The topological polar surface area (TPSA) is 61.3 Å². The summed E-state index contributed by atoms with van der Waals surface area (Å²) in [6, 6.07) is 9.76. The first-order valence-corrected chi connectivity index (χ1v) is 7.19. The van der Waals surface area contributed by atoms with Crippen LogP contribution in [0.4, 0.5) is 0 Å². The van der Waals surface area contributed by atoms with Gasteiger partial charge < -0.3 is 13.7 Å². The Balaban J connectivity index is 1.73. The molecule has 1 saturated carbocycles. The van der Waals surface area contributed by atoms with Crippen LogP contribution in [0, 0.1) is 0 Å². The smallest absolute Gasteiger partial charge is 0.259 e. The van der Waals surface area contributed by atoms with Gasteiger partial charge in [-0.25, -0.2) is 0 Å². The number of nitrogens with zero attached hydrogens (tertiary/aromatic N) is 2. The van der Waals surface area contributed by atoms with E-state index in [9.17, 15) is 0 Å². The van der Waals surface area contributed by atoms with Crippen LogP contribution in [0.25, 0.3) is 22.6 Å². The summed E-state index contributed by atoms with van der Waals surface area (Å²) < 4.78 is 16.9. The fourth-order valence-electron chi connectivity index (χ4n) is 3.05. The third-order valence-corrected chi connectivity index (χ3v) is 4.26. The Bertz CT molecular complexity index is 736. The number of hydrogen-bond acceptors (Lipinski definition) is 5. The highest BCUT2D eigenvalue weighted by Gasteiger charge is 2.41. The van der Waals surface area contributed by atoms with Crippen molar-refractivity contribution in [3.63, 3.8) is 0 Å². The van der Waals surface area contributed by atoms with E-state index in [-0.39, 0.29) is 0 Å². The van der Waals surface area contributed by atoms with E-state index in [1.807, 2.05) is 30.3 Å². The van der Waals surface area contributed by atoms with E-state index < -0.39 is 5.60 Å². The molecule has 0 atom stereocenters. The lowest BCUT2D eigenvalue weighted by atomic mass is 10.0. The minimum atomic E-state index is -0.419. The van der Waals surface area contributed by atoms with Crippen LogP contribution in [0.2, 0.25) is 0 Å². The summed E-state index contributed by atoms with van der Waals surface area (Å²) in [7, 11) is 1.70. The van der Waals surface area contributed by atoms with Gasteiger partial charge in [0.25, 0.3) is 5.89 Å². The fourth-order valence-corrected chi connectivity index (χ4v) is 3.05. The molecule has 4 rings (SSSR count). The molecule has 1 aliphatic rings. The van der Waals surface area contributed by atoms with Gasteiger partial charge in [0.1, 0.15) is 11.2 Å². The molecule has 0 saturated heterocycles. The number of ether oxygens (including phenoxy) is 1. The zero-order valence-electron chi connectivity index (χ0n) is 11.8. The Morgan fingerprint density at radius 2 is 2.00 bits per heavy atom. The molecule has 2 aromatic heterocycles. The van der Waals surface area contributed by atoms with Crippen molar-refractivity contribution in [2.24, 2.45) is 0 Å². The summed E-state index contributed by atoms with van der Waals surface area (Å²) in [5, 5.41) is 5.09. The van der Waals surface area contributed by atoms with Gasteiger partial charge >= 0.3 is 0 Å². The molecule has 1 aliphatic carbocycles. The van der Waals surface area contributed by atoms with E-state index >= 15 is 0 Å². The highest BCUT2D eigenvalue weighted by Crippen LogP contribution is 2.41. The second-order valence-corrected chi connectivity index (χ2v) is 5.48. The van der Waals surface area contributed by atoms with Crippen molar-refractivity contribution in [1.82, 2.24) is 10.1 Å². The molecule has 0 aliphatic heterocycles. The quantitative estimate of drug-likeness (QED) is 0.730. The van der Waals surface area contributed by atoms with E-state index in [1.165, 1.54) is 0 Å². The molecule has 0 spiro atoms. The van der Waals surface area contributed by atoms with E-state index in [2.05, 4.69) is 10.1 Å². The van der Waals surface area contributed by atoms with Crippen LogP contribution >= 0.6 is 0 Å². The predicted octanol–water partition coefficient (Wildman–Crippen LogP) is 3.90. The molecule has 0 unspecified atom stereocenters. The summed E-state index contributed by atoms with van der Waals surface area (Å²) in [6.07, 6.45) is 4.09. The van der Waals surface area contributed by atoms with E-state index in [4.69, 9.17) is 13.7 Å². The number of hydrogen-bond donors (Lipinski definition) is 0. The zero-order valence-corrected chi connectivity index (χ0v) is 11.8. The van der Waals surface area contributed by atoms with Crippen LogP contribution in [0.3, 0.4) is 0 Å². The van der Waals surface area contributed by atoms with Gasteiger partial charge in [0.2, 0.25) is 5.82 Å². The van der Waals surface area contributed by atoms with Crippen molar-refractivity contribution in [2.45, 2.75) is 31.3 Å². The lowest BCUT2D eigenvalue weighted by Crippen LogP contribution is -2.24. The van der Waals surface area contributed by atoms with Crippen molar-refractivity contribution in [1.29, 1.82) is 0 Å². The Kier molecular flexibility index (Phi) is 2.82. The Morgan fingerprint density at radius 1 is 1.19 bits per heavy atom. The molecule has 0 amide bonds. The summed E-state index contributed by atoms with van der Waals surface area (Å²) in [5.41, 5.74) is 0.401. The normalized spacial score (nSPS) is 17.6. The Morgan fingerprint density at radius 3 is 2.76 bits per heavy atom. The lowest BCUT2D eigenvalue weighted by molar-refractivity contribution is -0.0342. The van der Waals surface area contributed by atoms with Crippen LogP contribution in [-0.2, 0) is 10.3 Å². The van der Waals surface area contributed by atoms with Crippen LogP contribution in [0.5, 0.6) is 0 Å². The van der Waals surface area contributed by atoms with Crippen LogP contribution in [0.15, 0.2) is 39.3 Å². The molecule has 3 aromatic rings. The molecule has 1 aromatic carbocycles. The molecule has 1 fully saturated rings. The van der Waals surface area contributed by atoms with Crippen molar-refractivity contribution in [3.05, 3.63) is 36.2 Å². The maximum absolute atomic E-state index is 5.77. The van der Waals surface area contributed by atoms with Gasteiger partial charge in [0.15, 0.2) is 5.76 Å². The number of fused-ring (bicyclic) bond motifs is 1. The highest BCUT2D eigenvalue weighted by molar-refractivity contribution is 5.81. The van der Waals surface area contributed by atoms with Crippen LogP contribution in [0.1, 0.15) is 31.6 Å². The van der Waals surface area contributed by atoms with Crippen molar-refractivity contribution in [3.8, 4) is 11.6 Å². The van der Waals surface area contributed by atoms with E-state index in [1.54, 1.807) is 7.11 Å². The Hall–Kier alpha value is -2.14. The number of furan rings is 1. The largest absolute Gasteiger partial charge is 0.453 e. The predicted molar refractivity (Wildman–Crippen MR) is 76.7 cm³/mol. The lowest BCUT2D eigenvalue weighted by Gasteiger charge is -2.21. The minimum absolute atomic E-state index is 0.419. The van der Waals surface area contributed by atoms with Gasteiger partial charge in [-0.15, -0.1) is 0 Å². The molecule has 2 heterocycles. The molecule has 0 radical (unpaired) electrons. The van der Waals surface area contributed by atoms with Gasteiger partial charge in [-0.3, -0.25) is 0 Å². The molecular formula is C16H16N2O3. The number of rotatable bonds is 3. The second-order valence-electron chi connectivity index (χ2n) is 5.48. The van der Waals surface area contributed by atoms with Crippen molar-refractivity contribution >= 4 is 11.0 Å². The van der Waals surface area contributed by atoms with Crippen molar-refractivity contribution < 1.29 is 13.7 Å². The van der Waals surface area contributed by atoms with Gasteiger partial charge in [-0.05, 0) is 37.8 Å². The number of methoxy groups -OCH3 is 1. The average Bonchev–Trinajstić information content (AvgIpc) is 3.24. The SMILES string of the molecule is COC1(c2nc(-c3cc4ccccc4o3)no2)CCCC1. The molecule has 5 nitrogen and oxygen atoms in total. The maximum Gasteiger partial charge on any atom is 0.259 e. The first kappa shape index (κ1) is 12.6. The second kappa shape index (κ2) is 4.70. The molecule has 0 bridgehead atoms. The van der Waals surface area contributed by atoms with Crippen molar-refractivity contribution in [2.75, 3.05) is 7.11 Å². The van der Waals surface area contributed by atoms with Crippen LogP contribution in [-0.4, -0.2) is 17.3 Å². The highest BCUT2D eigenvalue weighted by atomic mass is 16.5. The third-order valence-electron chi connectivity index (χ3n) is 4.26. The Labute approximate surface area is 121 Å². The van der Waals surface area contributed by atoms with E-state index in [0.29, 0.717) is 17.5 Å². The number of aromatic nitrogens is 2. The van der Waals surface area contributed by atoms with Gasteiger partial charge in [0.05, 0.1) is 0 Å². The molecule has 0 N–H and O–H groups in total. The summed E-state index contributed by atoms with van der Waals surface area (Å²) in [5.74, 6) is 1.65. The molecular weight excluding hydrogens is 268 g/mol. The first-order chi connectivity index (χ1) is 10.3. The fraction of sp³-hybridized carbons (Fsp3) is 0.375. The van der Waals surface area contributed by atoms with Gasteiger partial charge in [0, 0.05) is 12.5 Å². The molecule has 21 heavy (non-hydrogen) atoms. The minimum Gasteiger partial charge on any atom is -0.453 e. The third kappa shape index (κ3) is 1.96. The molecule has 108 valence electrons. The summed E-state index contributed by atoms with van der Waals surface area (Å²) in [6.45, 7) is 0. The van der Waals surface area contributed by atoms with Gasteiger partial charge in [-0.2, -0.15) is 4.98 Å². The summed E-state index contributed by atoms with van der Waals surface area (Å²) in [4.78, 5) is 4.50.